The van der Waals surface area contributed by atoms with Gasteiger partial charge in [-0.05, 0) is 69.2 Å². The minimum absolute atomic E-state index is 0.244. The van der Waals surface area contributed by atoms with Crippen LogP contribution in [-0.2, 0) is 4.74 Å². The number of carbonyl (C=O) groups is 1. The number of anilines is 1. The first-order chi connectivity index (χ1) is 19.7. The fraction of sp³-hybridized carbons (Fsp3) is 0.273. The maximum atomic E-state index is 12.4. The molecule has 1 fully saturated rings. The number of pyridine rings is 1. The van der Waals surface area contributed by atoms with Crippen molar-refractivity contribution in [1.29, 1.82) is 0 Å². The molecule has 1 amide bonds. The predicted molar refractivity (Wildman–Crippen MR) is 164 cm³/mol. The van der Waals surface area contributed by atoms with Gasteiger partial charge in [0.25, 0.3) is 0 Å². The van der Waals surface area contributed by atoms with Crippen molar-refractivity contribution in [1.82, 2.24) is 24.5 Å². The molecule has 0 radical (unpaired) electrons. The number of rotatable bonds is 4. The van der Waals surface area contributed by atoms with E-state index < -0.39 is 5.60 Å². The lowest BCUT2D eigenvalue weighted by atomic mass is 10.0. The molecule has 8 heteroatoms. The Morgan fingerprint density at radius 2 is 1.71 bits per heavy atom. The van der Waals surface area contributed by atoms with Gasteiger partial charge < -0.3 is 14.5 Å². The number of imidazole rings is 1. The van der Waals surface area contributed by atoms with Crippen LogP contribution in [0.1, 0.15) is 32.0 Å². The molecule has 1 saturated heterocycles. The van der Waals surface area contributed by atoms with E-state index in [9.17, 15) is 4.79 Å². The maximum Gasteiger partial charge on any atom is 0.410 e. The van der Waals surface area contributed by atoms with E-state index in [4.69, 9.17) is 14.8 Å². The molecule has 0 spiro atoms. The number of benzene rings is 2. The third-order valence-corrected chi connectivity index (χ3v) is 7.43. The van der Waals surface area contributed by atoms with E-state index in [0.717, 1.165) is 69.0 Å². The molecule has 0 saturated carbocycles. The molecule has 8 nitrogen and oxygen atoms in total. The number of aryl methyl sites for hydroxylation is 1. The van der Waals surface area contributed by atoms with Crippen LogP contribution < -0.4 is 4.90 Å². The van der Waals surface area contributed by atoms with E-state index >= 15 is 0 Å². The van der Waals surface area contributed by atoms with Gasteiger partial charge in [0.1, 0.15) is 5.60 Å². The zero-order valence-corrected chi connectivity index (χ0v) is 24.0. The largest absolute Gasteiger partial charge is 0.444 e. The van der Waals surface area contributed by atoms with Crippen LogP contribution in [0.4, 0.5) is 10.5 Å². The first-order valence-electron chi connectivity index (χ1n) is 13.9. The van der Waals surface area contributed by atoms with Crippen LogP contribution in [0.2, 0.25) is 0 Å². The number of aromatic nitrogens is 4. The van der Waals surface area contributed by atoms with Gasteiger partial charge in [-0.3, -0.25) is 4.98 Å². The molecule has 41 heavy (non-hydrogen) atoms. The molecule has 0 atom stereocenters. The molecular formula is C33H34N6O2. The fourth-order valence-corrected chi connectivity index (χ4v) is 5.32. The van der Waals surface area contributed by atoms with Crippen molar-refractivity contribution < 1.29 is 9.53 Å². The third kappa shape index (κ3) is 5.25. The highest BCUT2D eigenvalue weighted by atomic mass is 16.6. The first kappa shape index (κ1) is 26.5. The van der Waals surface area contributed by atoms with Gasteiger partial charge >= 0.3 is 6.09 Å². The molecule has 0 aliphatic carbocycles. The van der Waals surface area contributed by atoms with Crippen LogP contribution in [0.5, 0.6) is 0 Å². The molecular weight excluding hydrogens is 512 g/mol. The number of amides is 1. The zero-order valence-electron chi connectivity index (χ0n) is 24.0. The van der Waals surface area contributed by atoms with Crippen LogP contribution >= 0.6 is 0 Å². The van der Waals surface area contributed by atoms with E-state index in [2.05, 4.69) is 52.9 Å². The molecule has 208 valence electrons. The Morgan fingerprint density at radius 3 is 2.41 bits per heavy atom. The van der Waals surface area contributed by atoms with Gasteiger partial charge in [-0.1, -0.05) is 36.9 Å². The van der Waals surface area contributed by atoms with E-state index in [-0.39, 0.29) is 6.09 Å². The molecule has 4 heterocycles. The number of fused-ring (bicyclic) bond motifs is 2. The smallest absolute Gasteiger partial charge is 0.410 e. The Morgan fingerprint density at radius 1 is 0.951 bits per heavy atom. The van der Waals surface area contributed by atoms with Crippen LogP contribution in [0.15, 0.2) is 73.6 Å². The Balaban J connectivity index is 1.22. The maximum absolute atomic E-state index is 12.4. The Hall–Kier alpha value is -4.72. The molecule has 0 bridgehead atoms. The van der Waals surface area contributed by atoms with Gasteiger partial charge in [-0.25, -0.2) is 14.3 Å². The number of carbonyl (C=O) groups excluding carboxylic acids is 1. The second kappa shape index (κ2) is 10.4. The molecule has 0 unspecified atom stereocenters. The SMILES string of the molecule is C=Cc1ccc2c(-c3cnc4cc(-c5ccc(N6CCN(C(=O)OC(C)(C)C)CC6)cc5)c(C)nn34)ccnc2c1. The van der Waals surface area contributed by atoms with Crippen LogP contribution in [0.3, 0.4) is 0 Å². The van der Waals surface area contributed by atoms with Gasteiger partial charge in [-0.15, -0.1) is 0 Å². The molecule has 5 aromatic rings. The number of piperazine rings is 1. The zero-order chi connectivity index (χ0) is 28.7. The normalized spacial score (nSPS) is 14.0. The average molecular weight is 547 g/mol. The first-order valence-corrected chi connectivity index (χ1v) is 13.9. The summed E-state index contributed by atoms with van der Waals surface area (Å²) in [6.07, 6.45) is 5.28. The van der Waals surface area contributed by atoms with Gasteiger partial charge in [0.2, 0.25) is 0 Å². The Kier molecular flexibility index (Phi) is 6.69. The van der Waals surface area contributed by atoms with Crippen LogP contribution in [0, 0.1) is 6.92 Å². The van der Waals surface area contributed by atoms with Crippen molar-refractivity contribution in [3.63, 3.8) is 0 Å². The topological polar surface area (TPSA) is 75.9 Å². The molecule has 6 rings (SSSR count). The second-order valence-corrected chi connectivity index (χ2v) is 11.4. The number of hydrogen-bond donors (Lipinski definition) is 0. The summed E-state index contributed by atoms with van der Waals surface area (Å²) < 4.78 is 7.44. The monoisotopic (exact) mass is 546 g/mol. The highest BCUT2D eigenvalue weighted by Crippen LogP contribution is 2.31. The lowest BCUT2D eigenvalue weighted by Crippen LogP contribution is -2.50. The van der Waals surface area contributed by atoms with Crippen LogP contribution in [0.25, 0.3) is 45.0 Å². The van der Waals surface area contributed by atoms with E-state index in [1.165, 1.54) is 0 Å². The summed E-state index contributed by atoms with van der Waals surface area (Å²) in [5.41, 5.74) is 8.40. The third-order valence-electron chi connectivity index (χ3n) is 7.43. The molecule has 1 aliphatic rings. The quantitative estimate of drug-likeness (QED) is 0.252. The molecule has 1 aliphatic heterocycles. The average Bonchev–Trinajstić information content (AvgIpc) is 3.37. The Bertz CT molecular complexity index is 1760. The summed E-state index contributed by atoms with van der Waals surface area (Å²) in [6, 6.07) is 18.8. The van der Waals surface area contributed by atoms with E-state index in [1.54, 1.807) is 4.90 Å². The second-order valence-electron chi connectivity index (χ2n) is 11.4. The summed E-state index contributed by atoms with van der Waals surface area (Å²) in [5, 5.41) is 6.00. The predicted octanol–water partition coefficient (Wildman–Crippen LogP) is 6.62. The van der Waals surface area contributed by atoms with Crippen molar-refractivity contribution in [2.75, 3.05) is 31.1 Å². The molecule has 3 aromatic heterocycles. The van der Waals surface area contributed by atoms with E-state index in [0.29, 0.717) is 13.1 Å². The minimum atomic E-state index is -0.485. The van der Waals surface area contributed by atoms with Crippen molar-refractivity contribution in [2.24, 2.45) is 0 Å². The molecule has 0 N–H and O–H groups in total. The number of hydrogen-bond acceptors (Lipinski definition) is 6. The minimum Gasteiger partial charge on any atom is -0.444 e. The van der Waals surface area contributed by atoms with Crippen LogP contribution in [-0.4, -0.2) is 62.4 Å². The molecule has 2 aromatic carbocycles. The lowest BCUT2D eigenvalue weighted by Gasteiger charge is -2.36. The van der Waals surface area contributed by atoms with E-state index in [1.807, 2.05) is 68.9 Å². The van der Waals surface area contributed by atoms with Gasteiger partial charge in [0, 0.05) is 54.6 Å². The summed E-state index contributed by atoms with van der Waals surface area (Å²) in [7, 11) is 0. The highest BCUT2D eigenvalue weighted by Gasteiger charge is 2.26. The number of ether oxygens (including phenoxy) is 1. The van der Waals surface area contributed by atoms with Gasteiger partial charge in [0.05, 0.1) is 23.1 Å². The van der Waals surface area contributed by atoms with Crippen molar-refractivity contribution in [3.05, 3.63) is 84.8 Å². The lowest BCUT2D eigenvalue weighted by molar-refractivity contribution is 0.0240. The van der Waals surface area contributed by atoms with Gasteiger partial charge in [0.15, 0.2) is 5.65 Å². The summed E-state index contributed by atoms with van der Waals surface area (Å²) >= 11 is 0. The summed E-state index contributed by atoms with van der Waals surface area (Å²) in [5.74, 6) is 0. The van der Waals surface area contributed by atoms with Gasteiger partial charge in [-0.2, -0.15) is 5.10 Å². The summed E-state index contributed by atoms with van der Waals surface area (Å²) in [4.78, 5) is 25.8. The van der Waals surface area contributed by atoms with Crippen molar-refractivity contribution in [3.8, 4) is 22.4 Å². The fourth-order valence-electron chi connectivity index (χ4n) is 5.32. The standard InChI is InChI=1S/C33H34N6O2/c1-6-23-7-12-26-27(13-14-34-29(26)19-23)30-21-35-31-20-28(22(2)36-39(30)31)24-8-10-25(11-9-24)37-15-17-38(18-16-37)32(40)41-33(3,4)5/h6-14,19-21H,1,15-18H2,2-5H3. The highest BCUT2D eigenvalue weighted by molar-refractivity contribution is 5.94. The number of nitrogens with zero attached hydrogens (tertiary/aromatic N) is 6. The van der Waals surface area contributed by atoms with Crippen molar-refractivity contribution >= 4 is 34.4 Å². The Labute approximate surface area is 239 Å². The summed E-state index contributed by atoms with van der Waals surface area (Å²) in [6.45, 7) is 14.4. The van der Waals surface area contributed by atoms with Crippen molar-refractivity contribution in [2.45, 2.75) is 33.3 Å².